The molecule has 0 spiro atoms. The molecular weight excluding hydrogens is 248 g/mol. The molecule has 102 valence electrons. The molecule has 0 aliphatic carbocycles. The maximum absolute atomic E-state index is 12.0. The van der Waals surface area contributed by atoms with Crippen LogP contribution in [0, 0.1) is 0 Å². The van der Waals surface area contributed by atoms with E-state index >= 15 is 0 Å². The van der Waals surface area contributed by atoms with Crippen LogP contribution in [0.1, 0.15) is 26.7 Å². The predicted octanol–water partition coefficient (Wildman–Crippen LogP) is 2.02. The van der Waals surface area contributed by atoms with Crippen molar-refractivity contribution in [2.45, 2.75) is 37.6 Å². The van der Waals surface area contributed by atoms with E-state index in [0.29, 0.717) is 17.1 Å². The summed E-state index contributed by atoms with van der Waals surface area (Å²) in [7, 11) is -3.18. The molecule has 0 saturated carbocycles. The van der Waals surface area contributed by atoms with Crippen molar-refractivity contribution in [3.63, 3.8) is 0 Å². The van der Waals surface area contributed by atoms with E-state index in [4.69, 9.17) is 5.73 Å². The summed E-state index contributed by atoms with van der Waals surface area (Å²) in [6.07, 6.45) is 1.86. The minimum absolute atomic E-state index is 0.114. The molecule has 1 rings (SSSR count). The van der Waals surface area contributed by atoms with Crippen LogP contribution < -0.4 is 11.1 Å². The molecule has 1 aromatic rings. The van der Waals surface area contributed by atoms with Gasteiger partial charge in [0.15, 0.2) is 9.84 Å². The smallest absolute Gasteiger partial charge is 0.180 e. The van der Waals surface area contributed by atoms with Crippen LogP contribution in [0.25, 0.3) is 0 Å². The third-order valence-corrected chi connectivity index (χ3v) is 4.63. The van der Waals surface area contributed by atoms with Crippen LogP contribution in [0.2, 0.25) is 0 Å². The van der Waals surface area contributed by atoms with Gasteiger partial charge in [0.05, 0.1) is 16.3 Å². The summed E-state index contributed by atoms with van der Waals surface area (Å²) in [6.45, 7) is 4.34. The van der Waals surface area contributed by atoms with E-state index in [1.165, 1.54) is 0 Å². The highest BCUT2D eigenvalue weighted by atomic mass is 32.2. The van der Waals surface area contributed by atoms with Crippen LogP contribution in [0.3, 0.4) is 0 Å². The summed E-state index contributed by atoms with van der Waals surface area (Å²) in [5.74, 6) is 0.114. The zero-order valence-electron chi connectivity index (χ0n) is 11.0. The van der Waals surface area contributed by atoms with Crippen molar-refractivity contribution in [2.75, 3.05) is 17.6 Å². The molecule has 0 radical (unpaired) electrons. The van der Waals surface area contributed by atoms with Gasteiger partial charge in [0.25, 0.3) is 0 Å². The Bertz CT molecular complexity index is 472. The van der Waals surface area contributed by atoms with Crippen molar-refractivity contribution in [1.29, 1.82) is 0 Å². The predicted molar refractivity (Wildman–Crippen MR) is 75.5 cm³/mol. The van der Waals surface area contributed by atoms with E-state index in [0.717, 1.165) is 12.8 Å². The summed E-state index contributed by atoms with van der Waals surface area (Å²) in [4.78, 5) is 0.382. The van der Waals surface area contributed by atoms with E-state index in [2.05, 4.69) is 5.32 Å². The SMILES string of the molecule is CCS(=O)(=O)c1ccccc1NC(C)CCCN. The van der Waals surface area contributed by atoms with Crippen molar-refractivity contribution in [3.8, 4) is 0 Å². The Morgan fingerprint density at radius 1 is 1.33 bits per heavy atom. The highest BCUT2D eigenvalue weighted by Gasteiger charge is 2.16. The quantitative estimate of drug-likeness (QED) is 0.795. The number of nitrogens with one attached hydrogen (secondary N) is 1. The molecule has 0 heterocycles. The summed E-state index contributed by atoms with van der Waals surface area (Å²) < 4.78 is 23.9. The molecule has 0 amide bonds. The van der Waals surface area contributed by atoms with Crippen molar-refractivity contribution < 1.29 is 8.42 Å². The average Bonchev–Trinajstić information content (AvgIpc) is 2.37. The third kappa shape index (κ3) is 3.99. The van der Waals surface area contributed by atoms with Gasteiger partial charge in [-0.3, -0.25) is 0 Å². The Morgan fingerprint density at radius 3 is 2.61 bits per heavy atom. The van der Waals surface area contributed by atoms with E-state index in [1.807, 2.05) is 19.1 Å². The van der Waals surface area contributed by atoms with Crippen LogP contribution in [-0.2, 0) is 9.84 Å². The van der Waals surface area contributed by atoms with Crippen molar-refractivity contribution in [3.05, 3.63) is 24.3 Å². The molecule has 1 aromatic carbocycles. The first kappa shape index (κ1) is 15.0. The standard InChI is InChI=1S/C13H22N2O2S/c1-3-18(16,17)13-9-5-4-8-12(13)15-11(2)7-6-10-14/h4-5,8-9,11,15H,3,6-7,10,14H2,1-2H3. The van der Waals surface area contributed by atoms with Gasteiger partial charge in [-0.05, 0) is 38.4 Å². The lowest BCUT2D eigenvalue weighted by Crippen LogP contribution is -2.19. The average molecular weight is 270 g/mol. The number of para-hydroxylation sites is 1. The van der Waals surface area contributed by atoms with Gasteiger partial charge in [-0.25, -0.2) is 8.42 Å². The largest absolute Gasteiger partial charge is 0.382 e. The maximum atomic E-state index is 12.0. The first-order valence-electron chi connectivity index (χ1n) is 6.29. The summed E-state index contributed by atoms with van der Waals surface area (Å²) in [6, 6.07) is 7.25. The Hall–Kier alpha value is -1.07. The zero-order chi connectivity index (χ0) is 13.6. The van der Waals surface area contributed by atoms with Crippen molar-refractivity contribution in [2.24, 2.45) is 5.73 Å². The number of sulfone groups is 1. The minimum atomic E-state index is -3.18. The number of benzene rings is 1. The molecule has 0 aromatic heterocycles. The third-order valence-electron chi connectivity index (χ3n) is 2.85. The van der Waals surface area contributed by atoms with E-state index < -0.39 is 9.84 Å². The van der Waals surface area contributed by atoms with Gasteiger partial charge in [0.2, 0.25) is 0 Å². The molecule has 4 nitrogen and oxygen atoms in total. The van der Waals surface area contributed by atoms with Crippen molar-refractivity contribution >= 4 is 15.5 Å². The first-order chi connectivity index (χ1) is 8.51. The Balaban J connectivity index is 2.90. The van der Waals surface area contributed by atoms with Crippen LogP contribution in [0.15, 0.2) is 29.2 Å². The van der Waals surface area contributed by atoms with E-state index in [1.54, 1.807) is 19.1 Å². The number of hydrogen-bond acceptors (Lipinski definition) is 4. The number of nitrogens with two attached hydrogens (primary N) is 1. The first-order valence-corrected chi connectivity index (χ1v) is 7.95. The number of anilines is 1. The molecule has 1 unspecified atom stereocenters. The van der Waals surface area contributed by atoms with Gasteiger partial charge in [0.1, 0.15) is 0 Å². The Kier molecular flexibility index (Phi) is 5.62. The summed E-state index contributed by atoms with van der Waals surface area (Å²) in [5, 5.41) is 3.25. The zero-order valence-corrected chi connectivity index (χ0v) is 11.8. The number of hydrogen-bond donors (Lipinski definition) is 2. The lowest BCUT2D eigenvalue weighted by Gasteiger charge is -2.17. The molecule has 1 atom stereocenters. The normalized spacial score (nSPS) is 13.3. The minimum Gasteiger partial charge on any atom is -0.382 e. The van der Waals surface area contributed by atoms with Crippen molar-refractivity contribution in [1.82, 2.24) is 0 Å². The monoisotopic (exact) mass is 270 g/mol. The number of rotatable bonds is 7. The maximum Gasteiger partial charge on any atom is 0.180 e. The van der Waals surface area contributed by atoms with E-state index in [9.17, 15) is 8.42 Å². The van der Waals surface area contributed by atoms with Gasteiger partial charge >= 0.3 is 0 Å². The van der Waals surface area contributed by atoms with Gasteiger partial charge in [-0.1, -0.05) is 19.1 Å². The molecule has 0 aliphatic rings. The molecule has 0 fully saturated rings. The van der Waals surface area contributed by atoms with Gasteiger partial charge in [0, 0.05) is 6.04 Å². The highest BCUT2D eigenvalue weighted by molar-refractivity contribution is 7.91. The van der Waals surface area contributed by atoms with Crippen LogP contribution in [-0.4, -0.2) is 26.8 Å². The van der Waals surface area contributed by atoms with Gasteiger partial charge in [-0.2, -0.15) is 0 Å². The van der Waals surface area contributed by atoms with Gasteiger partial charge < -0.3 is 11.1 Å². The van der Waals surface area contributed by atoms with Crippen LogP contribution in [0.4, 0.5) is 5.69 Å². The molecule has 3 N–H and O–H groups in total. The second-order valence-corrected chi connectivity index (χ2v) is 6.62. The summed E-state index contributed by atoms with van der Waals surface area (Å²) in [5.41, 5.74) is 6.15. The molecule has 18 heavy (non-hydrogen) atoms. The lowest BCUT2D eigenvalue weighted by molar-refractivity contribution is 0.597. The molecule has 5 heteroatoms. The topological polar surface area (TPSA) is 72.2 Å². The molecule has 0 aliphatic heterocycles. The fourth-order valence-electron chi connectivity index (χ4n) is 1.77. The Labute approximate surface area is 110 Å². The van der Waals surface area contributed by atoms with Crippen LogP contribution >= 0.6 is 0 Å². The second kappa shape index (κ2) is 6.75. The molecule has 0 saturated heterocycles. The van der Waals surface area contributed by atoms with Gasteiger partial charge in [-0.15, -0.1) is 0 Å². The summed E-state index contributed by atoms with van der Waals surface area (Å²) >= 11 is 0. The highest BCUT2D eigenvalue weighted by Crippen LogP contribution is 2.23. The lowest BCUT2D eigenvalue weighted by atomic mass is 10.1. The fourth-order valence-corrected chi connectivity index (χ4v) is 2.83. The molecular formula is C13H22N2O2S. The Morgan fingerprint density at radius 2 is 2.00 bits per heavy atom. The van der Waals surface area contributed by atoms with Crippen LogP contribution in [0.5, 0.6) is 0 Å². The molecule has 0 bridgehead atoms. The second-order valence-electron chi connectivity index (χ2n) is 4.38. The fraction of sp³-hybridized carbons (Fsp3) is 0.538. The van der Waals surface area contributed by atoms with E-state index in [-0.39, 0.29) is 11.8 Å².